The number of hydrogen-bond donors (Lipinski definition) is 1. The van der Waals surface area contributed by atoms with Crippen LogP contribution in [-0.4, -0.2) is 33.6 Å². The molecular formula is C24H20N4O5S. The van der Waals surface area contributed by atoms with Gasteiger partial charge in [-0.2, -0.15) is 9.61 Å². The van der Waals surface area contributed by atoms with Crippen LogP contribution in [0.3, 0.4) is 0 Å². The maximum atomic E-state index is 12.8. The summed E-state index contributed by atoms with van der Waals surface area (Å²) in [7, 11) is 1.52. The lowest BCUT2D eigenvalue weighted by Crippen LogP contribution is -2.18. The zero-order chi connectivity index (χ0) is 23.7. The molecule has 0 saturated heterocycles. The number of esters is 1. The van der Waals surface area contributed by atoms with Crippen LogP contribution in [0.4, 0.5) is 5.69 Å². The monoisotopic (exact) mass is 476 g/mol. The lowest BCUT2D eigenvalue weighted by Gasteiger charge is -2.11. The molecule has 1 saturated carbocycles. The molecule has 4 aromatic rings. The van der Waals surface area contributed by atoms with Gasteiger partial charge in [0.1, 0.15) is 17.4 Å². The lowest BCUT2D eigenvalue weighted by molar-refractivity contribution is 0.0469. The lowest BCUT2D eigenvalue weighted by atomic mass is 10.1. The van der Waals surface area contributed by atoms with E-state index < -0.39 is 11.9 Å². The van der Waals surface area contributed by atoms with Gasteiger partial charge in [-0.3, -0.25) is 9.59 Å². The van der Waals surface area contributed by atoms with Gasteiger partial charge in [0.25, 0.3) is 11.5 Å². The molecule has 1 amide bonds. The van der Waals surface area contributed by atoms with Gasteiger partial charge in [-0.25, -0.2) is 9.78 Å². The summed E-state index contributed by atoms with van der Waals surface area (Å²) in [5.41, 5.74) is 0.897. The molecule has 2 aromatic heterocycles. The topological polar surface area (TPSA) is 112 Å². The van der Waals surface area contributed by atoms with Crippen molar-refractivity contribution in [2.75, 3.05) is 12.4 Å². The van der Waals surface area contributed by atoms with Gasteiger partial charge in [0.05, 0.1) is 24.1 Å². The minimum atomic E-state index is -0.647. The molecule has 2 aromatic carbocycles. The number of nitrogens with one attached hydrogen (secondary N) is 1. The smallest absolute Gasteiger partial charge is 0.340 e. The standard InChI is InChI=1S/C24H20N4O5S/c1-32-17-6-4-5-15(11-17)21(30)26-19-8-3-2-7-18(19)23(31)33-13-16-12-20(29)28-24(25-16)34-22(27-28)14-9-10-14/h2-8,11-12,14H,9-10,13H2,1H3,(H,26,30). The van der Waals surface area contributed by atoms with Crippen LogP contribution in [-0.2, 0) is 11.3 Å². The van der Waals surface area contributed by atoms with Crippen molar-refractivity contribution in [1.29, 1.82) is 0 Å². The third-order valence-electron chi connectivity index (χ3n) is 5.32. The van der Waals surface area contributed by atoms with Crippen LogP contribution in [0.1, 0.15) is 50.2 Å². The molecule has 9 nitrogen and oxygen atoms in total. The fourth-order valence-corrected chi connectivity index (χ4v) is 4.48. The molecule has 1 fully saturated rings. The SMILES string of the molecule is COc1cccc(C(=O)Nc2ccccc2C(=O)OCc2cc(=O)n3nc(C4CC4)sc3n2)c1. The molecule has 1 aliphatic rings. The summed E-state index contributed by atoms with van der Waals surface area (Å²) >= 11 is 1.38. The van der Waals surface area contributed by atoms with E-state index in [0.29, 0.717) is 33.6 Å². The molecule has 0 spiro atoms. The van der Waals surface area contributed by atoms with Gasteiger partial charge in [0.15, 0.2) is 0 Å². The van der Waals surface area contributed by atoms with Gasteiger partial charge in [0.2, 0.25) is 4.96 Å². The van der Waals surface area contributed by atoms with E-state index >= 15 is 0 Å². The number of hydrogen-bond acceptors (Lipinski definition) is 8. The van der Waals surface area contributed by atoms with E-state index in [4.69, 9.17) is 9.47 Å². The van der Waals surface area contributed by atoms with Crippen molar-refractivity contribution in [2.45, 2.75) is 25.4 Å². The first-order valence-corrected chi connectivity index (χ1v) is 11.4. The van der Waals surface area contributed by atoms with E-state index in [0.717, 1.165) is 17.8 Å². The Bertz CT molecular complexity index is 1460. The minimum Gasteiger partial charge on any atom is -0.497 e. The van der Waals surface area contributed by atoms with Crippen molar-refractivity contribution in [3.05, 3.63) is 86.8 Å². The predicted molar refractivity (Wildman–Crippen MR) is 126 cm³/mol. The molecule has 0 unspecified atom stereocenters. The number of carbonyl (C=O) groups excluding carboxylic acids is 2. The Labute approximate surface area is 198 Å². The van der Waals surface area contributed by atoms with Gasteiger partial charge >= 0.3 is 5.97 Å². The Morgan fingerprint density at radius 1 is 1.15 bits per heavy atom. The minimum absolute atomic E-state index is 0.181. The van der Waals surface area contributed by atoms with Crippen LogP contribution in [0.5, 0.6) is 5.75 Å². The summed E-state index contributed by atoms with van der Waals surface area (Å²) in [6, 6.07) is 14.5. The predicted octanol–water partition coefficient (Wildman–Crippen LogP) is 3.65. The fourth-order valence-electron chi connectivity index (χ4n) is 3.39. The molecule has 172 valence electrons. The summed E-state index contributed by atoms with van der Waals surface area (Å²) in [6.45, 7) is -0.181. The second-order valence-corrected chi connectivity index (χ2v) is 8.79. The van der Waals surface area contributed by atoms with E-state index in [9.17, 15) is 14.4 Å². The molecule has 10 heteroatoms. The highest BCUT2D eigenvalue weighted by atomic mass is 32.1. The number of carbonyl (C=O) groups is 2. The first-order chi connectivity index (χ1) is 16.5. The quantitative estimate of drug-likeness (QED) is 0.405. The highest BCUT2D eigenvalue weighted by Gasteiger charge is 2.28. The largest absolute Gasteiger partial charge is 0.497 e. The first-order valence-electron chi connectivity index (χ1n) is 10.6. The van der Waals surface area contributed by atoms with Crippen LogP contribution < -0.4 is 15.6 Å². The second kappa shape index (κ2) is 9.06. The molecule has 5 rings (SSSR count). The van der Waals surface area contributed by atoms with E-state index in [1.54, 1.807) is 48.5 Å². The molecule has 0 aliphatic heterocycles. The highest BCUT2D eigenvalue weighted by molar-refractivity contribution is 7.16. The van der Waals surface area contributed by atoms with Gasteiger partial charge < -0.3 is 14.8 Å². The first kappa shape index (κ1) is 21.8. The normalized spacial score (nSPS) is 13.0. The number of para-hydroxylation sites is 1. The number of ether oxygens (including phenoxy) is 2. The van der Waals surface area contributed by atoms with E-state index in [2.05, 4.69) is 15.4 Å². The van der Waals surface area contributed by atoms with Crippen molar-refractivity contribution in [2.24, 2.45) is 0 Å². The van der Waals surface area contributed by atoms with E-state index in [1.165, 1.54) is 29.0 Å². The maximum Gasteiger partial charge on any atom is 0.340 e. The summed E-state index contributed by atoms with van der Waals surface area (Å²) in [5, 5.41) is 7.98. The maximum absolute atomic E-state index is 12.8. The average molecular weight is 477 g/mol. The summed E-state index contributed by atoms with van der Waals surface area (Å²) in [4.78, 5) is 42.8. The Balaban J connectivity index is 1.30. The number of fused-ring (bicyclic) bond motifs is 1. The zero-order valence-electron chi connectivity index (χ0n) is 18.2. The molecule has 1 aliphatic carbocycles. The van der Waals surface area contributed by atoms with Crippen LogP contribution in [0.2, 0.25) is 0 Å². The summed E-state index contributed by atoms with van der Waals surface area (Å²) in [6.07, 6.45) is 2.15. The molecule has 0 atom stereocenters. The summed E-state index contributed by atoms with van der Waals surface area (Å²) < 4.78 is 11.9. The van der Waals surface area contributed by atoms with Crippen molar-refractivity contribution >= 4 is 33.9 Å². The molecular weight excluding hydrogens is 456 g/mol. The Morgan fingerprint density at radius 2 is 1.97 bits per heavy atom. The molecule has 0 radical (unpaired) electrons. The van der Waals surface area contributed by atoms with Gasteiger partial charge in [-0.05, 0) is 43.2 Å². The van der Waals surface area contributed by atoms with Crippen molar-refractivity contribution in [1.82, 2.24) is 14.6 Å². The van der Waals surface area contributed by atoms with Gasteiger partial charge in [-0.1, -0.05) is 29.5 Å². The number of aromatic nitrogens is 3. The van der Waals surface area contributed by atoms with Crippen molar-refractivity contribution in [3.8, 4) is 5.75 Å². The Hall–Kier alpha value is -4.05. The number of benzene rings is 2. The number of nitrogens with zero attached hydrogens (tertiary/aromatic N) is 3. The molecule has 34 heavy (non-hydrogen) atoms. The van der Waals surface area contributed by atoms with E-state index in [-0.39, 0.29) is 17.7 Å². The Kier molecular flexibility index (Phi) is 5.81. The van der Waals surface area contributed by atoms with Crippen LogP contribution in [0.15, 0.2) is 59.4 Å². The van der Waals surface area contributed by atoms with Crippen LogP contribution in [0, 0.1) is 0 Å². The Morgan fingerprint density at radius 3 is 2.76 bits per heavy atom. The van der Waals surface area contributed by atoms with Crippen LogP contribution in [0.25, 0.3) is 4.96 Å². The summed E-state index contributed by atoms with van der Waals surface area (Å²) in [5.74, 6) is -0.0792. The number of anilines is 1. The van der Waals surface area contributed by atoms with Crippen molar-refractivity contribution < 1.29 is 19.1 Å². The third-order valence-corrected chi connectivity index (χ3v) is 6.39. The molecule has 0 bridgehead atoms. The molecule has 1 N–H and O–H groups in total. The van der Waals surface area contributed by atoms with Gasteiger partial charge in [-0.15, -0.1) is 0 Å². The number of amides is 1. The van der Waals surface area contributed by atoms with Crippen LogP contribution >= 0.6 is 11.3 Å². The third kappa shape index (κ3) is 4.53. The highest BCUT2D eigenvalue weighted by Crippen LogP contribution is 2.41. The number of methoxy groups -OCH3 is 1. The number of rotatable bonds is 7. The molecule has 2 heterocycles. The van der Waals surface area contributed by atoms with E-state index in [1.807, 2.05) is 0 Å². The zero-order valence-corrected chi connectivity index (χ0v) is 19.0. The average Bonchev–Trinajstić information content (AvgIpc) is 3.61. The van der Waals surface area contributed by atoms with Crippen molar-refractivity contribution in [3.63, 3.8) is 0 Å². The second-order valence-electron chi connectivity index (χ2n) is 7.80. The van der Waals surface area contributed by atoms with Gasteiger partial charge in [0, 0.05) is 17.5 Å². The fraction of sp³-hybridized carbons (Fsp3) is 0.208.